The number of nitrogens with zero attached hydrogens (tertiary/aromatic N) is 2. The molecule has 0 spiro atoms. The van der Waals surface area contributed by atoms with E-state index < -0.39 is 31.1 Å². The van der Waals surface area contributed by atoms with Crippen molar-refractivity contribution in [3.05, 3.63) is 59.3 Å². The fraction of sp³-hybridized carbons (Fsp3) is 0.552. The molecule has 1 aromatic carbocycles. The molecule has 9 nitrogen and oxygen atoms in total. The Labute approximate surface area is 234 Å². The minimum absolute atomic E-state index is 0.0727. The minimum atomic E-state index is -2.53. The maximum absolute atomic E-state index is 12.5. The molecule has 3 rings (SSSR count). The van der Waals surface area contributed by atoms with Gasteiger partial charge in [0.05, 0.1) is 13.7 Å². The van der Waals surface area contributed by atoms with Crippen molar-refractivity contribution in [1.29, 1.82) is 0 Å². The predicted molar refractivity (Wildman–Crippen MR) is 147 cm³/mol. The molecule has 0 saturated carbocycles. The van der Waals surface area contributed by atoms with Crippen molar-refractivity contribution in [2.24, 2.45) is 0 Å². The van der Waals surface area contributed by atoms with E-state index in [1.54, 1.807) is 0 Å². The lowest BCUT2D eigenvalue weighted by atomic mass is 10.1. The second-order valence-electron chi connectivity index (χ2n) is 9.68. The van der Waals surface area contributed by atoms with Crippen molar-refractivity contribution in [3.8, 4) is 0 Å². The smallest absolute Gasteiger partial charge is 0.408 e. The van der Waals surface area contributed by atoms with Gasteiger partial charge < -0.3 is 29.7 Å². The summed E-state index contributed by atoms with van der Waals surface area (Å²) in [5, 5.41) is 5.94. The summed E-state index contributed by atoms with van der Waals surface area (Å²) in [6.45, 7) is 2.05. The molecule has 220 valence electrons. The van der Waals surface area contributed by atoms with Gasteiger partial charge in [0.2, 0.25) is 0 Å². The zero-order valence-corrected chi connectivity index (χ0v) is 23.1. The standard InChI is InChI=1S/C29H40F2N4O5/c1-38-28(36)25(34-29(37)40-20-22-8-3-2-4-9-22)14-17-35(18-19-39-21-26(30)31)16-6-5-11-24-13-12-23-10-7-15-32-27(23)33-24/h2-4,8-9,12-13,25-26H,5-7,10-11,14-21H2,1H3,(H,32,33)(H,34,37). The molecule has 0 fully saturated rings. The maximum atomic E-state index is 12.5. The van der Waals surface area contributed by atoms with Crippen molar-refractivity contribution >= 4 is 17.9 Å². The first-order chi connectivity index (χ1) is 19.4. The van der Waals surface area contributed by atoms with Crippen LogP contribution in [-0.4, -0.2) is 80.9 Å². The molecule has 1 aromatic heterocycles. The van der Waals surface area contributed by atoms with E-state index in [0.717, 1.165) is 55.7 Å². The summed E-state index contributed by atoms with van der Waals surface area (Å²) in [6, 6.07) is 12.5. The van der Waals surface area contributed by atoms with Crippen LogP contribution in [0.5, 0.6) is 0 Å². The van der Waals surface area contributed by atoms with Crippen LogP contribution in [0.4, 0.5) is 19.4 Å². The van der Waals surface area contributed by atoms with Crippen LogP contribution in [0.25, 0.3) is 0 Å². The van der Waals surface area contributed by atoms with E-state index in [0.29, 0.717) is 19.6 Å². The van der Waals surface area contributed by atoms with E-state index in [-0.39, 0.29) is 19.6 Å². The predicted octanol–water partition coefficient (Wildman–Crippen LogP) is 4.20. The van der Waals surface area contributed by atoms with Crippen molar-refractivity contribution in [2.45, 2.75) is 57.6 Å². The Bertz CT molecular complexity index is 1040. The van der Waals surface area contributed by atoms with E-state index in [2.05, 4.69) is 22.8 Å². The molecule has 1 amide bonds. The lowest BCUT2D eigenvalue weighted by Crippen LogP contribution is -2.44. The SMILES string of the molecule is COC(=O)C(CCN(CCCCc1ccc2c(n1)NCCC2)CCOCC(F)F)NC(=O)OCc1ccccc1. The van der Waals surface area contributed by atoms with Gasteiger partial charge in [0.15, 0.2) is 0 Å². The van der Waals surface area contributed by atoms with E-state index >= 15 is 0 Å². The number of rotatable bonds is 17. The van der Waals surface area contributed by atoms with Crippen molar-refractivity contribution in [3.63, 3.8) is 0 Å². The van der Waals surface area contributed by atoms with Crippen molar-refractivity contribution in [2.75, 3.05) is 51.8 Å². The molecule has 2 aromatic rings. The van der Waals surface area contributed by atoms with Crippen molar-refractivity contribution < 1.29 is 32.6 Å². The Hall–Kier alpha value is -3.31. The normalized spacial score (nSPS) is 13.4. The average molecular weight is 563 g/mol. The first kappa shape index (κ1) is 31.2. The van der Waals surface area contributed by atoms with Crippen LogP contribution in [0, 0.1) is 0 Å². The van der Waals surface area contributed by atoms with E-state index in [1.807, 2.05) is 35.2 Å². The van der Waals surface area contributed by atoms with Gasteiger partial charge in [-0.25, -0.2) is 23.4 Å². The monoisotopic (exact) mass is 562 g/mol. The maximum Gasteiger partial charge on any atom is 0.408 e. The third-order valence-electron chi connectivity index (χ3n) is 6.63. The molecule has 0 saturated heterocycles. The second-order valence-corrected chi connectivity index (χ2v) is 9.68. The number of hydrogen-bond donors (Lipinski definition) is 2. The van der Waals surface area contributed by atoms with Crippen LogP contribution >= 0.6 is 0 Å². The lowest BCUT2D eigenvalue weighted by Gasteiger charge is -2.25. The Morgan fingerprint density at radius 1 is 1.10 bits per heavy atom. The summed E-state index contributed by atoms with van der Waals surface area (Å²) in [5.41, 5.74) is 3.11. The molecule has 1 unspecified atom stereocenters. The highest BCUT2D eigenvalue weighted by Crippen LogP contribution is 2.20. The van der Waals surface area contributed by atoms with Crippen LogP contribution in [-0.2, 0) is 38.5 Å². The number of halogens is 2. The number of nitrogens with one attached hydrogen (secondary N) is 2. The molecule has 1 aliphatic heterocycles. The van der Waals surface area contributed by atoms with Gasteiger partial charge in [-0.2, -0.15) is 0 Å². The topological polar surface area (TPSA) is 102 Å². The van der Waals surface area contributed by atoms with Gasteiger partial charge >= 0.3 is 12.1 Å². The number of hydrogen-bond acceptors (Lipinski definition) is 8. The largest absolute Gasteiger partial charge is 0.467 e. The number of aryl methyl sites for hydroxylation is 2. The number of anilines is 1. The number of carbonyl (C=O) groups is 2. The Morgan fingerprint density at radius 3 is 2.70 bits per heavy atom. The van der Waals surface area contributed by atoms with Crippen LogP contribution < -0.4 is 10.6 Å². The number of amides is 1. The Morgan fingerprint density at radius 2 is 1.93 bits per heavy atom. The number of fused-ring (bicyclic) bond motifs is 1. The molecule has 1 atom stereocenters. The average Bonchev–Trinajstić information content (AvgIpc) is 2.97. The molecule has 0 bridgehead atoms. The first-order valence-electron chi connectivity index (χ1n) is 13.8. The number of unbranched alkanes of at least 4 members (excludes halogenated alkanes) is 1. The summed E-state index contributed by atoms with van der Waals surface area (Å²) in [5.74, 6) is 0.392. The molecule has 2 N–H and O–H groups in total. The van der Waals surface area contributed by atoms with Crippen LogP contribution in [0.3, 0.4) is 0 Å². The molecular formula is C29H40F2N4O5. The van der Waals surface area contributed by atoms with Crippen LogP contribution in [0.1, 0.15) is 42.5 Å². The van der Waals surface area contributed by atoms with E-state index in [9.17, 15) is 18.4 Å². The highest BCUT2D eigenvalue weighted by molar-refractivity contribution is 5.81. The van der Waals surface area contributed by atoms with Gasteiger partial charge in [-0.05, 0) is 62.3 Å². The molecule has 0 radical (unpaired) electrons. The molecule has 0 aliphatic carbocycles. The number of carbonyl (C=O) groups excluding carboxylic acids is 2. The van der Waals surface area contributed by atoms with E-state index in [1.165, 1.54) is 12.7 Å². The third kappa shape index (κ3) is 11.4. The number of alkyl halides is 2. The van der Waals surface area contributed by atoms with Gasteiger partial charge in [0.1, 0.15) is 25.1 Å². The molecular weight excluding hydrogens is 522 g/mol. The Balaban J connectivity index is 1.48. The summed E-state index contributed by atoms with van der Waals surface area (Å²) in [6.07, 6.45) is 1.74. The number of alkyl carbamates (subject to hydrolysis) is 1. The second kappa shape index (κ2) is 17.4. The van der Waals surface area contributed by atoms with Gasteiger partial charge in [-0.3, -0.25) is 0 Å². The van der Waals surface area contributed by atoms with Crippen LogP contribution in [0.2, 0.25) is 0 Å². The first-order valence-corrected chi connectivity index (χ1v) is 13.8. The zero-order valence-electron chi connectivity index (χ0n) is 23.1. The van der Waals surface area contributed by atoms with Gasteiger partial charge in [-0.1, -0.05) is 36.4 Å². The van der Waals surface area contributed by atoms with Crippen LogP contribution in [0.15, 0.2) is 42.5 Å². The highest BCUT2D eigenvalue weighted by atomic mass is 19.3. The van der Waals surface area contributed by atoms with Crippen molar-refractivity contribution in [1.82, 2.24) is 15.2 Å². The van der Waals surface area contributed by atoms with E-state index in [4.69, 9.17) is 19.2 Å². The third-order valence-corrected chi connectivity index (χ3v) is 6.63. The Kier molecular flexibility index (Phi) is 13.6. The van der Waals surface area contributed by atoms with Gasteiger partial charge in [-0.15, -0.1) is 0 Å². The molecule has 1 aliphatic rings. The number of pyridine rings is 1. The summed E-state index contributed by atoms with van der Waals surface area (Å²) < 4.78 is 40.2. The fourth-order valence-corrected chi connectivity index (χ4v) is 4.46. The number of aromatic nitrogens is 1. The number of methoxy groups -OCH3 is 1. The number of ether oxygens (including phenoxy) is 3. The molecule has 11 heteroatoms. The zero-order chi connectivity index (χ0) is 28.6. The van der Waals surface area contributed by atoms with Gasteiger partial charge in [0, 0.05) is 25.3 Å². The lowest BCUT2D eigenvalue weighted by molar-refractivity contribution is -0.143. The number of benzene rings is 1. The molecule has 2 heterocycles. The fourth-order valence-electron chi connectivity index (χ4n) is 4.46. The molecule has 40 heavy (non-hydrogen) atoms. The minimum Gasteiger partial charge on any atom is -0.467 e. The quantitative estimate of drug-likeness (QED) is 0.219. The van der Waals surface area contributed by atoms with Gasteiger partial charge in [0.25, 0.3) is 6.43 Å². The summed E-state index contributed by atoms with van der Waals surface area (Å²) in [7, 11) is 1.26. The summed E-state index contributed by atoms with van der Waals surface area (Å²) in [4.78, 5) is 31.5. The number of esters is 1. The highest BCUT2D eigenvalue weighted by Gasteiger charge is 2.23. The summed E-state index contributed by atoms with van der Waals surface area (Å²) >= 11 is 0.